The van der Waals surface area contributed by atoms with Gasteiger partial charge in [-0.2, -0.15) is 0 Å². The molecule has 0 saturated carbocycles. The van der Waals surface area contributed by atoms with Crippen molar-refractivity contribution in [2.75, 3.05) is 14.2 Å². The van der Waals surface area contributed by atoms with E-state index >= 15 is 0 Å². The van der Waals surface area contributed by atoms with Crippen LogP contribution in [0.4, 0.5) is 0 Å². The van der Waals surface area contributed by atoms with Crippen molar-refractivity contribution in [1.82, 2.24) is 0 Å². The number of hydrogen-bond acceptors (Lipinski definition) is 6. The number of phenols is 2. The number of ether oxygens (including phenoxy) is 2. The Hall–Kier alpha value is -3.06. The van der Waals surface area contributed by atoms with Crippen LogP contribution < -0.4 is 0 Å². The maximum atomic E-state index is 11.4. The molecule has 0 spiro atoms. The van der Waals surface area contributed by atoms with Crippen LogP contribution in [0.5, 0.6) is 11.5 Å². The van der Waals surface area contributed by atoms with Gasteiger partial charge in [-0.05, 0) is 84.1 Å². The Morgan fingerprint density at radius 1 is 0.871 bits per heavy atom. The highest BCUT2D eigenvalue weighted by molar-refractivity contribution is 9.10. The van der Waals surface area contributed by atoms with E-state index < -0.39 is 11.9 Å². The molecule has 0 atom stereocenters. The molecule has 2 N–H and O–H groups in total. The molecule has 0 aliphatic heterocycles. The maximum absolute atomic E-state index is 11.4. The van der Waals surface area contributed by atoms with Crippen LogP contribution in [-0.2, 0) is 22.3 Å². The van der Waals surface area contributed by atoms with Crippen molar-refractivity contribution >= 4 is 27.9 Å². The monoisotopic (exact) mass is 490 g/mol. The summed E-state index contributed by atoms with van der Waals surface area (Å²) in [5.74, 6) is -0.525. The van der Waals surface area contributed by atoms with E-state index in [-0.39, 0.29) is 11.5 Å². The van der Waals surface area contributed by atoms with E-state index in [1.165, 1.54) is 32.4 Å². The van der Waals surface area contributed by atoms with E-state index in [9.17, 15) is 19.8 Å². The highest BCUT2D eigenvalue weighted by atomic mass is 79.9. The van der Waals surface area contributed by atoms with E-state index in [1.54, 1.807) is 12.1 Å². The van der Waals surface area contributed by atoms with Crippen LogP contribution in [0.3, 0.4) is 0 Å². The summed E-state index contributed by atoms with van der Waals surface area (Å²) < 4.78 is 9.70. The summed E-state index contributed by atoms with van der Waals surface area (Å²) in [6.07, 6.45) is 1.08. The molecule has 0 radical (unpaired) electrons. The molecule has 0 bridgehead atoms. The molecule has 2 aromatic carbocycles. The normalized spacial score (nSPS) is 9.84. The molecule has 0 fully saturated rings. The molecule has 0 saturated heterocycles. The number of aromatic hydroxyl groups is 2. The first-order chi connectivity index (χ1) is 14.5. The highest BCUT2D eigenvalue weighted by Crippen LogP contribution is 2.31. The smallest absolute Gasteiger partial charge is 0.337 e. The van der Waals surface area contributed by atoms with Gasteiger partial charge in [0, 0.05) is 0 Å². The van der Waals surface area contributed by atoms with Crippen LogP contribution in [0.1, 0.15) is 45.7 Å². The average Bonchev–Trinajstić information content (AvgIpc) is 2.71. The van der Waals surface area contributed by atoms with E-state index in [0.29, 0.717) is 39.6 Å². The van der Waals surface area contributed by atoms with Gasteiger partial charge in [-0.25, -0.2) is 9.59 Å². The van der Waals surface area contributed by atoms with Gasteiger partial charge in [0.1, 0.15) is 11.5 Å². The van der Waals surface area contributed by atoms with Crippen molar-refractivity contribution < 1.29 is 29.3 Å². The zero-order valence-corrected chi connectivity index (χ0v) is 19.7. The standard InChI is InChI=1S/C12H13BrO3.C12H14O3/c1-7(2)4-8-5-9(12(15)16-3)6-10(13)11(8)14;1-8(2)6-10-7-9(12(14)15-3)4-5-11(10)13/h5-6,14H,1,4H2,2-3H3;4-5,7,13H,1,6H2,2-3H3. The molecule has 31 heavy (non-hydrogen) atoms. The second-order valence-corrected chi connectivity index (χ2v) is 7.91. The number of methoxy groups -OCH3 is 2. The lowest BCUT2D eigenvalue weighted by Crippen LogP contribution is -2.02. The third-order valence-corrected chi connectivity index (χ3v) is 4.65. The quantitative estimate of drug-likeness (QED) is 0.418. The third kappa shape index (κ3) is 7.94. The third-order valence-electron chi connectivity index (χ3n) is 4.05. The summed E-state index contributed by atoms with van der Waals surface area (Å²) in [4.78, 5) is 22.6. The second kappa shape index (κ2) is 12.0. The Morgan fingerprint density at radius 2 is 1.35 bits per heavy atom. The van der Waals surface area contributed by atoms with Crippen molar-refractivity contribution in [1.29, 1.82) is 0 Å². The zero-order chi connectivity index (χ0) is 23.7. The molecule has 0 heterocycles. The molecule has 0 aromatic heterocycles. The topological polar surface area (TPSA) is 93.1 Å². The van der Waals surface area contributed by atoms with Gasteiger partial charge in [0.25, 0.3) is 0 Å². The van der Waals surface area contributed by atoms with Crippen LogP contribution in [-0.4, -0.2) is 36.4 Å². The largest absolute Gasteiger partial charge is 0.508 e. The van der Waals surface area contributed by atoms with Crippen LogP contribution in [0.2, 0.25) is 0 Å². The van der Waals surface area contributed by atoms with Crippen molar-refractivity contribution in [2.24, 2.45) is 0 Å². The van der Waals surface area contributed by atoms with Crippen LogP contribution >= 0.6 is 15.9 Å². The molecular formula is C24H27BrO6. The summed E-state index contributed by atoms with van der Waals surface area (Å²) in [5.41, 5.74) is 4.01. The van der Waals surface area contributed by atoms with Crippen LogP contribution in [0.25, 0.3) is 0 Å². The Labute approximate surface area is 191 Å². The molecule has 166 valence electrons. The van der Waals surface area contributed by atoms with Gasteiger partial charge in [-0.3, -0.25) is 0 Å². The maximum Gasteiger partial charge on any atom is 0.337 e. The van der Waals surface area contributed by atoms with E-state index in [0.717, 1.165) is 11.1 Å². The number of esters is 2. The first-order valence-electron chi connectivity index (χ1n) is 9.28. The molecule has 0 unspecified atom stereocenters. The first kappa shape index (κ1) is 26.0. The summed E-state index contributed by atoms with van der Waals surface area (Å²) in [7, 11) is 2.65. The van der Waals surface area contributed by atoms with E-state index in [2.05, 4.69) is 38.6 Å². The number of phenolic OH excluding ortho intramolecular Hbond substituents is 2. The van der Waals surface area contributed by atoms with Crippen molar-refractivity contribution in [2.45, 2.75) is 26.7 Å². The Bertz CT molecular complexity index is 994. The lowest BCUT2D eigenvalue weighted by atomic mass is 10.0. The van der Waals surface area contributed by atoms with Crippen molar-refractivity contribution in [3.05, 3.63) is 81.4 Å². The van der Waals surface area contributed by atoms with Gasteiger partial charge < -0.3 is 19.7 Å². The SMILES string of the molecule is C=C(C)Cc1cc(C(=O)OC)cc(Br)c1O.C=C(C)Cc1cc(C(=O)OC)ccc1O. The molecule has 0 amide bonds. The summed E-state index contributed by atoms with van der Waals surface area (Å²) in [5, 5.41) is 19.3. The fraction of sp³-hybridized carbons (Fsp3) is 0.250. The lowest BCUT2D eigenvalue weighted by Gasteiger charge is -2.08. The second-order valence-electron chi connectivity index (χ2n) is 7.06. The zero-order valence-electron chi connectivity index (χ0n) is 18.1. The minimum absolute atomic E-state index is 0.135. The predicted molar refractivity (Wildman–Crippen MR) is 124 cm³/mol. The molecule has 7 heteroatoms. The number of hydrogen-bond donors (Lipinski definition) is 2. The molecule has 0 aliphatic rings. The Morgan fingerprint density at radius 3 is 1.87 bits per heavy atom. The van der Waals surface area contributed by atoms with Gasteiger partial charge in [0.2, 0.25) is 0 Å². The fourth-order valence-corrected chi connectivity index (χ4v) is 3.15. The molecule has 6 nitrogen and oxygen atoms in total. The molecular weight excluding hydrogens is 464 g/mol. The summed E-state index contributed by atoms with van der Waals surface area (Å²) in [6.45, 7) is 11.3. The Kier molecular flexibility index (Phi) is 10.0. The van der Waals surface area contributed by atoms with Crippen LogP contribution in [0, 0.1) is 0 Å². The lowest BCUT2D eigenvalue weighted by molar-refractivity contribution is 0.0591. The number of benzene rings is 2. The summed E-state index contributed by atoms with van der Waals surface area (Å²) in [6, 6.07) is 7.78. The van der Waals surface area contributed by atoms with Gasteiger partial charge in [-0.1, -0.05) is 24.3 Å². The molecule has 2 rings (SSSR count). The minimum Gasteiger partial charge on any atom is -0.508 e. The van der Waals surface area contributed by atoms with E-state index in [4.69, 9.17) is 0 Å². The minimum atomic E-state index is -0.427. The number of halogens is 1. The fourth-order valence-electron chi connectivity index (χ4n) is 2.65. The Balaban J connectivity index is 0.000000311. The van der Waals surface area contributed by atoms with Gasteiger partial charge in [0.05, 0.1) is 29.8 Å². The number of rotatable bonds is 6. The van der Waals surface area contributed by atoms with Gasteiger partial charge in [-0.15, -0.1) is 0 Å². The number of carbonyl (C=O) groups excluding carboxylic acids is 2. The van der Waals surface area contributed by atoms with E-state index in [1.807, 2.05) is 13.8 Å². The summed E-state index contributed by atoms with van der Waals surface area (Å²) >= 11 is 3.20. The number of allylic oxidation sites excluding steroid dienone is 2. The van der Waals surface area contributed by atoms with Gasteiger partial charge in [0.15, 0.2) is 0 Å². The van der Waals surface area contributed by atoms with Crippen molar-refractivity contribution in [3.8, 4) is 11.5 Å². The highest BCUT2D eigenvalue weighted by Gasteiger charge is 2.13. The predicted octanol–water partition coefficient (Wildman–Crippen LogP) is 5.36. The number of carbonyl (C=O) groups is 2. The average molecular weight is 491 g/mol. The first-order valence-corrected chi connectivity index (χ1v) is 10.1. The molecule has 2 aromatic rings. The molecule has 0 aliphatic carbocycles. The van der Waals surface area contributed by atoms with Gasteiger partial charge >= 0.3 is 11.9 Å². The van der Waals surface area contributed by atoms with Crippen LogP contribution in [0.15, 0.2) is 59.1 Å². The van der Waals surface area contributed by atoms with Crippen molar-refractivity contribution in [3.63, 3.8) is 0 Å².